The predicted octanol–water partition coefficient (Wildman–Crippen LogP) is 3.00. The molecule has 1 aromatic heterocycles. The van der Waals surface area contributed by atoms with Gasteiger partial charge in [-0.3, -0.25) is 9.59 Å². The van der Waals surface area contributed by atoms with E-state index in [1.54, 1.807) is 25.6 Å². The summed E-state index contributed by atoms with van der Waals surface area (Å²) in [4.78, 5) is 31.0. The predicted molar refractivity (Wildman–Crippen MR) is 109 cm³/mol. The molecule has 9 heteroatoms. The maximum absolute atomic E-state index is 13.9. The van der Waals surface area contributed by atoms with Crippen LogP contribution in [0.15, 0.2) is 48.9 Å². The number of aryl methyl sites for hydroxylation is 1. The zero-order valence-electron chi connectivity index (χ0n) is 16.9. The quantitative estimate of drug-likeness (QED) is 0.681. The van der Waals surface area contributed by atoms with Crippen molar-refractivity contribution in [3.8, 4) is 11.4 Å². The zero-order valence-corrected chi connectivity index (χ0v) is 16.9. The van der Waals surface area contributed by atoms with E-state index in [9.17, 15) is 18.4 Å². The molecule has 2 aromatic carbocycles. The molecule has 31 heavy (non-hydrogen) atoms. The third-order valence-corrected chi connectivity index (χ3v) is 5.15. The van der Waals surface area contributed by atoms with Crippen LogP contribution in [0.2, 0.25) is 0 Å². The fourth-order valence-electron chi connectivity index (χ4n) is 3.58. The summed E-state index contributed by atoms with van der Waals surface area (Å²) >= 11 is 0. The van der Waals surface area contributed by atoms with Crippen molar-refractivity contribution in [2.75, 3.05) is 18.6 Å². The van der Waals surface area contributed by atoms with Gasteiger partial charge in [0.1, 0.15) is 23.4 Å². The smallest absolute Gasteiger partial charge is 0.254 e. The number of methoxy groups -OCH3 is 1. The molecule has 0 bridgehead atoms. The van der Waals surface area contributed by atoms with Crippen LogP contribution in [0.5, 0.6) is 5.75 Å². The van der Waals surface area contributed by atoms with E-state index >= 15 is 0 Å². The number of halogens is 2. The second-order valence-corrected chi connectivity index (χ2v) is 7.21. The van der Waals surface area contributed by atoms with Gasteiger partial charge in [-0.05, 0) is 37.6 Å². The van der Waals surface area contributed by atoms with Crippen LogP contribution in [0.1, 0.15) is 22.5 Å². The van der Waals surface area contributed by atoms with Crippen LogP contribution >= 0.6 is 0 Å². The van der Waals surface area contributed by atoms with Gasteiger partial charge in [-0.2, -0.15) is 0 Å². The van der Waals surface area contributed by atoms with Gasteiger partial charge in [0.05, 0.1) is 30.4 Å². The molecule has 3 aromatic rings. The first-order valence-electron chi connectivity index (χ1n) is 9.63. The molecule has 0 saturated carbocycles. The molecule has 1 atom stereocenters. The maximum Gasteiger partial charge on any atom is 0.254 e. The molecular weight excluding hydrogens is 406 g/mol. The standard InChI is InChI=1S/C22H20F2N4O3/c1-13-11-27(12-25-13)19-6-4-15(10-20(19)31-2)28-8-7-18(22(28)30)26-21(29)16-5-3-14(23)9-17(16)24/h3-6,9-12,18H,7-8H2,1-2H3,(H,26,29). The summed E-state index contributed by atoms with van der Waals surface area (Å²) in [5.41, 5.74) is 1.94. The highest BCUT2D eigenvalue weighted by Crippen LogP contribution is 2.31. The lowest BCUT2D eigenvalue weighted by Crippen LogP contribution is -2.41. The number of rotatable bonds is 5. The maximum atomic E-state index is 13.9. The van der Waals surface area contributed by atoms with E-state index in [2.05, 4.69) is 10.3 Å². The molecule has 1 saturated heterocycles. The molecular formula is C22H20F2N4O3. The minimum Gasteiger partial charge on any atom is -0.494 e. The van der Waals surface area contributed by atoms with Crippen molar-refractivity contribution in [3.05, 3.63) is 71.8 Å². The van der Waals surface area contributed by atoms with Crippen LogP contribution in [0.4, 0.5) is 14.5 Å². The van der Waals surface area contributed by atoms with E-state index in [4.69, 9.17) is 4.74 Å². The van der Waals surface area contributed by atoms with Gasteiger partial charge in [0.15, 0.2) is 0 Å². The Morgan fingerprint density at radius 3 is 2.71 bits per heavy atom. The van der Waals surface area contributed by atoms with Crippen molar-refractivity contribution in [3.63, 3.8) is 0 Å². The van der Waals surface area contributed by atoms with Gasteiger partial charge in [0.25, 0.3) is 5.91 Å². The lowest BCUT2D eigenvalue weighted by Gasteiger charge is -2.19. The van der Waals surface area contributed by atoms with Crippen LogP contribution < -0.4 is 15.0 Å². The van der Waals surface area contributed by atoms with Gasteiger partial charge in [0, 0.05) is 30.6 Å². The van der Waals surface area contributed by atoms with Crippen LogP contribution in [0.3, 0.4) is 0 Å². The van der Waals surface area contributed by atoms with E-state index in [0.29, 0.717) is 30.5 Å². The van der Waals surface area contributed by atoms with Crippen LogP contribution in [-0.4, -0.2) is 41.1 Å². The molecule has 0 aliphatic carbocycles. The van der Waals surface area contributed by atoms with E-state index in [1.807, 2.05) is 23.8 Å². The average molecular weight is 426 g/mol. The first-order valence-corrected chi connectivity index (χ1v) is 9.63. The molecule has 7 nitrogen and oxygen atoms in total. The SMILES string of the molecule is COc1cc(N2CCC(NC(=O)c3ccc(F)cc3F)C2=O)ccc1-n1cnc(C)c1. The number of hydrogen-bond donors (Lipinski definition) is 1. The number of anilines is 1. The molecule has 4 rings (SSSR count). The third-order valence-electron chi connectivity index (χ3n) is 5.15. The van der Waals surface area contributed by atoms with Crippen molar-refractivity contribution in [1.29, 1.82) is 0 Å². The third kappa shape index (κ3) is 3.98. The van der Waals surface area contributed by atoms with Crippen molar-refractivity contribution in [1.82, 2.24) is 14.9 Å². The Morgan fingerprint density at radius 2 is 2.03 bits per heavy atom. The number of aromatic nitrogens is 2. The number of hydrogen-bond acceptors (Lipinski definition) is 4. The number of carbonyl (C=O) groups excluding carboxylic acids is 2. The Morgan fingerprint density at radius 1 is 1.23 bits per heavy atom. The lowest BCUT2D eigenvalue weighted by atomic mass is 10.1. The number of nitrogens with one attached hydrogen (secondary N) is 1. The summed E-state index contributed by atoms with van der Waals surface area (Å²) in [5.74, 6) is -2.27. The van der Waals surface area contributed by atoms with E-state index in [1.165, 1.54) is 4.90 Å². The molecule has 0 radical (unpaired) electrons. The summed E-state index contributed by atoms with van der Waals surface area (Å²) in [6.07, 6.45) is 3.89. The Hall–Kier alpha value is -3.75. The lowest BCUT2D eigenvalue weighted by molar-refractivity contribution is -0.118. The Bertz CT molecular complexity index is 1160. The Balaban J connectivity index is 1.51. The molecule has 160 valence electrons. The number of carbonyl (C=O) groups is 2. The van der Waals surface area contributed by atoms with E-state index in [0.717, 1.165) is 23.5 Å². The van der Waals surface area contributed by atoms with Crippen LogP contribution in [0.25, 0.3) is 5.69 Å². The highest BCUT2D eigenvalue weighted by Gasteiger charge is 2.34. The van der Waals surface area contributed by atoms with Crippen molar-refractivity contribution < 1.29 is 23.1 Å². The summed E-state index contributed by atoms with van der Waals surface area (Å²) < 4.78 is 34.2. The normalized spacial score (nSPS) is 15.9. The minimum absolute atomic E-state index is 0.311. The minimum atomic E-state index is -0.977. The van der Waals surface area contributed by atoms with Crippen LogP contribution in [-0.2, 0) is 4.79 Å². The first kappa shape index (κ1) is 20.5. The molecule has 2 amide bonds. The monoisotopic (exact) mass is 426 g/mol. The number of benzene rings is 2. The average Bonchev–Trinajstić information content (AvgIpc) is 3.33. The summed E-state index contributed by atoms with van der Waals surface area (Å²) in [5, 5.41) is 2.54. The number of amides is 2. The van der Waals surface area contributed by atoms with Crippen molar-refractivity contribution in [2.45, 2.75) is 19.4 Å². The Labute approximate surface area is 177 Å². The molecule has 2 heterocycles. The summed E-state index contributed by atoms with van der Waals surface area (Å²) in [6.45, 7) is 2.26. The van der Waals surface area contributed by atoms with E-state index in [-0.39, 0.29) is 11.5 Å². The fourth-order valence-corrected chi connectivity index (χ4v) is 3.58. The number of nitrogens with zero attached hydrogens (tertiary/aromatic N) is 3. The molecule has 1 aliphatic heterocycles. The molecule has 0 spiro atoms. The molecule has 1 fully saturated rings. The Kier molecular flexibility index (Phi) is 5.41. The van der Waals surface area contributed by atoms with Gasteiger partial charge < -0.3 is 19.5 Å². The summed E-state index contributed by atoms with van der Waals surface area (Å²) in [6, 6.07) is 7.23. The van der Waals surface area contributed by atoms with E-state index < -0.39 is 23.6 Å². The summed E-state index contributed by atoms with van der Waals surface area (Å²) in [7, 11) is 1.54. The molecule has 1 unspecified atom stereocenters. The largest absolute Gasteiger partial charge is 0.494 e. The second kappa shape index (κ2) is 8.17. The molecule has 1 aliphatic rings. The fraction of sp³-hybridized carbons (Fsp3) is 0.227. The number of imidazole rings is 1. The number of ether oxygens (including phenoxy) is 1. The van der Waals surface area contributed by atoms with Gasteiger partial charge >= 0.3 is 0 Å². The van der Waals surface area contributed by atoms with Gasteiger partial charge in [0.2, 0.25) is 5.91 Å². The first-order chi connectivity index (χ1) is 14.9. The second-order valence-electron chi connectivity index (χ2n) is 7.21. The van der Waals surface area contributed by atoms with Gasteiger partial charge in [-0.1, -0.05) is 0 Å². The van der Waals surface area contributed by atoms with Crippen molar-refractivity contribution in [2.24, 2.45) is 0 Å². The topological polar surface area (TPSA) is 76.5 Å². The highest BCUT2D eigenvalue weighted by molar-refractivity contribution is 6.04. The van der Waals surface area contributed by atoms with Crippen molar-refractivity contribution >= 4 is 17.5 Å². The van der Waals surface area contributed by atoms with Crippen LogP contribution in [0, 0.1) is 18.6 Å². The van der Waals surface area contributed by atoms with Gasteiger partial charge in [-0.15, -0.1) is 0 Å². The van der Waals surface area contributed by atoms with Gasteiger partial charge in [-0.25, -0.2) is 13.8 Å². The highest BCUT2D eigenvalue weighted by atomic mass is 19.1. The zero-order chi connectivity index (χ0) is 22.1. The molecule has 1 N–H and O–H groups in total.